The molecule has 3 aliphatic carbocycles. The molecule has 0 saturated heterocycles. The normalized spacial score (nSPS) is 36.4. The topological polar surface area (TPSA) is 58.2 Å². The number of amides is 2. The molecule has 0 aromatic heterocycles. The fourth-order valence-electron chi connectivity index (χ4n) is 6.43. The molecule has 2 amide bonds. The molecular formula is C22H38N2O2. The molecule has 3 fully saturated rings. The SMILES string of the molecule is CCC1CC2CCCC(NC(=O)NC3CC(C)(C)C(=O)C(C)(C)C3)(C1)C2. The number of hydrogen-bond donors (Lipinski definition) is 2. The van der Waals surface area contributed by atoms with E-state index in [1.54, 1.807) is 0 Å². The standard InChI is InChI=1S/C22H38N2O2/c1-6-15-10-16-8-7-9-22(11-15,12-16)24-19(26)23-17-13-20(2,3)18(25)21(4,5)14-17/h15-17H,6-14H2,1-5H3,(H2,23,24,26). The molecule has 3 aliphatic rings. The third-order valence-electron chi connectivity index (χ3n) is 7.33. The monoisotopic (exact) mass is 362 g/mol. The van der Waals surface area contributed by atoms with Gasteiger partial charge in [0, 0.05) is 22.4 Å². The van der Waals surface area contributed by atoms with Crippen LogP contribution in [0.2, 0.25) is 0 Å². The highest BCUT2D eigenvalue weighted by atomic mass is 16.2. The lowest BCUT2D eigenvalue weighted by Crippen LogP contribution is -2.60. The Morgan fingerprint density at radius 2 is 1.73 bits per heavy atom. The number of fused-ring (bicyclic) bond motifs is 2. The maximum absolute atomic E-state index is 12.9. The van der Waals surface area contributed by atoms with E-state index in [9.17, 15) is 9.59 Å². The molecule has 26 heavy (non-hydrogen) atoms. The minimum absolute atomic E-state index is 0.00144. The lowest BCUT2D eigenvalue weighted by molar-refractivity contribution is -0.140. The average Bonchev–Trinajstić information content (AvgIpc) is 2.50. The first kappa shape index (κ1) is 19.7. The Kier molecular flexibility index (Phi) is 5.18. The van der Waals surface area contributed by atoms with Crippen molar-refractivity contribution in [2.45, 2.75) is 104 Å². The predicted octanol–water partition coefficient (Wildman–Crippen LogP) is 4.82. The van der Waals surface area contributed by atoms with Crippen LogP contribution in [-0.2, 0) is 4.79 Å². The van der Waals surface area contributed by atoms with Crippen LogP contribution in [0.4, 0.5) is 4.79 Å². The van der Waals surface area contributed by atoms with Crippen molar-refractivity contribution in [1.82, 2.24) is 10.6 Å². The van der Waals surface area contributed by atoms with Crippen LogP contribution >= 0.6 is 0 Å². The van der Waals surface area contributed by atoms with Gasteiger partial charge in [0.1, 0.15) is 5.78 Å². The summed E-state index contributed by atoms with van der Waals surface area (Å²) >= 11 is 0. The lowest BCUT2D eigenvalue weighted by atomic mass is 9.62. The molecular weight excluding hydrogens is 324 g/mol. The highest BCUT2D eigenvalue weighted by Gasteiger charge is 2.48. The first-order chi connectivity index (χ1) is 12.1. The van der Waals surface area contributed by atoms with Crippen LogP contribution in [0.3, 0.4) is 0 Å². The molecule has 2 N–H and O–H groups in total. The minimum Gasteiger partial charge on any atom is -0.335 e. The number of urea groups is 1. The van der Waals surface area contributed by atoms with Crippen LogP contribution in [0.15, 0.2) is 0 Å². The van der Waals surface area contributed by atoms with Gasteiger partial charge < -0.3 is 10.6 Å². The number of nitrogens with one attached hydrogen (secondary N) is 2. The van der Waals surface area contributed by atoms with Crippen LogP contribution in [0.25, 0.3) is 0 Å². The Morgan fingerprint density at radius 3 is 2.35 bits per heavy atom. The Balaban J connectivity index is 1.64. The molecule has 4 heteroatoms. The molecule has 4 nitrogen and oxygen atoms in total. The van der Waals surface area contributed by atoms with E-state index in [1.807, 2.05) is 27.7 Å². The van der Waals surface area contributed by atoms with Gasteiger partial charge in [0.05, 0.1) is 0 Å². The van der Waals surface area contributed by atoms with Crippen molar-refractivity contribution >= 4 is 11.8 Å². The molecule has 2 bridgehead atoms. The second-order valence-corrected chi connectivity index (χ2v) is 10.8. The first-order valence-electron chi connectivity index (χ1n) is 10.7. The summed E-state index contributed by atoms with van der Waals surface area (Å²) in [4.78, 5) is 25.5. The van der Waals surface area contributed by atoms with Crippen LogP contribution < -0.4 is 10.6 Å². The van der Waals surface area contributed by atoms with E-state index >= 15 is 0 Å². The van der Waals surface area contributed by atoms with Crippen molar-refractivity contribution in [3.63, 3.8) is 0 Å². The van der Waals surface area contributed by atoms with E-state index in [2.05, 4.69) is 17.6 Å². The summed E-state index contributed by atoms with van der Waals surface area (Å²) in [6.07, 6.45) is 9.99. The van der Waals surface area contributed by atoms with E-state index in [0.29, 0.717) is 5.78 Å². The lowest BCUT2D eigenvalue weighted by Gasteiger charge is -2.49. The van der Waals surface area contributed by atoms with Gasteiger partial charge in [0.15, 0.2) is 0 Å². The molecule has 0 radical (unpaired) electrons. The average molecular weight is 363 g/mol. The predicted molar refractivity (Wildman–Crippen MR) is 105 cm³/mol. The fourth-order valence-corrected chi connectivity index (χ4v) is 6.43. The Hall–Kier alpha value is -1.06. The largest absolute Gasteiger partial charge is 0.335 e. The minimum atomic E-state index is -0.369. The summed E-state index contributed by atoms with van der Waals surface area (Å²) < 4.78 is 0. The van der Waals surface area contributed by atoms with Gasteiger partial charge in [0.2, 0.25) is 0 Å². The molecule has 148 valence electrons. The number of carbonyl (C=O) groups is 2. The van der Waals surface area contributed by atoms with Crippen LogP contribution in [0.5, 0.6) is 0 Å². The van der Waals surface area contributed by atoms with Gasteiger partial charge in [0.25, 0.3) is 0 Å². The van der Waals surface area contributed by atoms with Gasteiger partial charge >= 0.3 is 6.03 Å². The Labute approximate surface area is 159 Å². The van der Waals surface area contributed by atoms with Crippen molar-refractivity contribution in [2.24, 2.45) is 22.7 Å². The molecule has 3 saturated carbocycles. The zero-order chi connectivity index (χ0) is 19.2. The third kappa shape index (κ3) is 3.94. The second kappa shape index (κ2) is 6.83. The van der Waals surface area contributed by atoms with Crippen LogP contribution in [-0.4, -0.2) is 23.4 Å². The number of ketones is 1. The van der Waals surface area contributed by atoms with Crippen LogP contribution in [0, 0.1) is 22.7 Å². The smallest absolute Gasteiger partial charge is 0.315 e. The van der Waals surface area contributed by atoms with Crippen molar-refractivity contribution in [3.05, 3.63) is 0 Å². The summed E-state index contributed by atoms with van der Waals surface area (Å²) in [5.74, 6) is 1.85. The highest BCUT2D eigenvalue weighted by Crippen LogP contribution is 2.46. The maximum atomic E-state index is 12.9. The van der Waals surface area contributed by atoms with Gasteiger partial charge in [-0.2, -0.15) is 0 Å². The second-order valence-electron chi connectivity index (χ2n) is 10.8. The molecule has 0 heterocycles. The molecule has 3 atom stereocenters. The number of carbonyl (C=O) groups excluding carboxylic acids is 2. The molecule has 3 rings (SSSR count). The van der Waals surface area contributed by atoms with Gasteiger partial charge in [-0.15, -0.1) is 0 Å². The number of hydrogen-bond acceptors (Lipinski definition) is 2. The molecule has 0 aromatic carbocycles. The van der Waals surface area contributed by atoms with Gasteiger partial charge in [-0.25, -0.2) is 4.79 Å². The molecule has 0 spiro atoms. The zero-order valence-corrected chi connectivity index (χ0v) is 17.4. The van der Waals surface area contributed by atoms with Gasteiger partial charge in [-0.1, -0.05) is 53.9 Å². The maximum Gasteiger partial charge on any atom is 0.315 e. The van der Waals surface area contributed by atoms with Crippen molar-refractivity contribution in [3.8, 4) is 0 Å². The molecule has 0 aliphatic heterocycles. The summed E-state index contributed by atoms with van der Waals surface area (Å²) in [6.45, 7) is 10.3. The van der Waals surface area contributed by atoms with E-state index in [-0.39, 0.29) is 28.4 Å². The third-order valence-corrected chi connectivity index (χ3v) is 7.33. The van der Waals surface area contributed by atoms with E-state index in [0.717, 1.165) is 43.9 Å². The van der Waals surface area contributed by atoms with Crippen molar-refractivity contribution in [1.29, 1.82) is 0 Å². The fraction of sp³-hybridized carbons (Fsp3) is 0.909. The molecule has 3 unspecified atom stereocenters. The Morgan fingerprint density at radius 1 is 1.08 bits per heavy atom. The quantitative estimate of drug-likeness (QED) is 0.756. The summed E-state index contributed by atoms with van der Waals surface area (Å²) in [5, 5.41) is 6.63. The summed E-state index contributed by atoms with van der Waals surface area (Å²) in [7, 11) is 0. The summed E-state index contributed by atoms with van der Waals surface area (Å²) in [5.41, 5.74) is -0.737. The number of rotatable bonds is 3. The number of Topliss-reactive ketones (excluding diaryl/α,β-unsaturated/α-hetero) is 1. The van der Waals surface area contributed by atoms with Gasteiger partial charge in [-0.05, 0) is 50.4 Å². The van der Waals surface area contributed by atoms with Gasteiger partial charge in [-0.3, -0.25) is 4.79 Å². The van der Waals surface area contributed by atoms with Crippen molar-refractivity contribution < 1.29 is 9.59 Å². The van der Waals surface area contributed by atoms with Crippen LogP contribution in [0.1, 0.15) is 92.4 Å². The zero-order valence-electron chi connectivity index (χ0n) is 17.4. The van der Waals surface area contributed by atoms with E-state index < -0.39 is 0 Å². The Bertz CT molecular complexity index is 548. The molecule has 0 aromatic rings. The van der Waals surface area contributed by atoms with E-state index in [4.69, 9.17) is 0 Å². The van der Waals surface area contributed by atoms with Crippen molar-refractivity contribution in [2.75, 3.05) is 0 Å². The highest BCUT2D eigenvalue weighted by molar-refractivity contribution is 5.90. The van der Waals surface area contributed by atoms with E-state index in [1.165, 1.54) is 25.7 Å². The summed E-state index contributed by atoms with van der Waals surface area (Å²) in [6, 6.07) is 0.0485. The first-order valence-corrected chi connectivity index (χ1v) is 10.7.